The lowest BCUT2D eigenvalue weighted by Crippen LogP contribution is -1.94. The van der Waals surface area contributed by atoms with E-state index < -0.39 is 5.97 Å². The molecule has 1 aromatic carbocycles. The van der Waals surface area contributed by atoms with E-state index in [0.29, 0.717) is 17.0 Å². The number of aromatic nitrogens is 1. The van der Waals surface area contributed by atoms with Crippen molar-refractivity contribution >= 4 is 23.1 Å². The molecule has 0 fully saturated rings. The van der Waals surface area contributed by atoms with E-state index in [2.05, 4.69) is 4.98 Å². The molecule has 2 aromatic rings. The fraction of sp³-hybridized carbons (Fsp3) is 0.0909. The van der Waals surface area contributed by atoms with Gasteiger partial charge in [0.1, 0.15) is 5.52 Å². The molecular formula is C11H10N2O3. The fourth-order valence-corrected chi connectivity index (χ4v) is 1.35. The van der Waals surface area contributed by atoms with Crippen LogP contribution in [-0.2, 0) is 11.3 Å². The van der Waals surface area contributed by atoms with Crippen LogP contribution >= 0.6 is 0 Å². The maximum absolute atomic E-state index is 10.3. The van der Waals surface area contributed by atoms with Gasteiger partial charge in [-0.1, -0.05) is 6.07 Å². The maximum atomic E-state index is 10.3. The molecule has 0 unspecified atom stereocenters. The van der Waals surface area contributed by atoms with E-state index in [0.717, 1.165) is 11.6 Å². The highest BCUT2D eigenvalue weighted by molar-refractivity contribution is 5.86. The minimum Gasteiger partial charge on any atom is -0.478 e. The van der Waals surface area contributed by atoms with Crippen LogP contribution in [0.5, 0.6) is 0 Å². The molecule has 0 spiro atoms. The number of hydrogen-bond acceptors (Lipinski definition) is 4. The number of carboxylic acid groups (broad SMARTS) is 1. The van der Waals surface area contributed by atoms with Gasteiger partial charge in [-0.25, -0.2) is 9.78 Å². The predicted octanol–water partition coefficient (Wildman–Crippen LogP) is 1.38. The summed E-state index contributed by atoms with van der Waals surface area (Å²) in [6.45, 7) is 0.245. The van der Waals surface area contributed by atoms with Gasteiger partial charge in [0.05, 0.1) is 6.54 Å². The lowest BCUT2D eigenvalue weighted by molar-refractivity contribution is -0.131. The first-order chi connectivity index (χ1) is 7.69. The third kappa shape index (κ3) is 2.09. The summed E-state index contributed by atoms with van der Waals surface area (Å²) in [6, 6.07) is 5.24. The van der Waals surface area contributed by atoms with Crippen LogP contribution in [0.4, 0.5) is 0 Å². The van der Waals surface area contributed by atoms with Crippen molar-refractivity contribution in [3.63, 3.8) is 0 Å². The van der Waals surface area contributed by atoms with Gasteiger partial charge < -0.3 is 15.3 Å². The zero-order chi connectivity index (χ0) is 11.5. The minimum atomic E-state index is -0.983. The van der Waals surface area contributed by atoms with Crippen molar-refractivity contribution < 1.29 is 14.3 Å². The molecule has 0 saturated heterocycles. The molecule has 0 saturated carbocycles. The Bertz CT molecular complexity index is 557. The Labute approximate surface area is 91.2 Å². The quantitative estimate of drug-likeness (QED) is 0.759. The van der Waals surface area contributed by atoms with Crippen LogP contribution in [0.1, 0.15) is 11.5 Å². The molecule has 16 heavy (non-hydrogen) atoms. The summed E-state index contributed by atoms with van der Waals surface area (Å²) in [4.78, 5) is 14.5. The van der Waals surface area contributed by atoms with Gasteiger partial charge in [0.2, 0.25) is 5.89 Å². The number of carboxylic acids is 1. The van der Waals surface area contributed by atoms with Crippen molar-refractivity contribution in [2.75, 3.05) is 0 Å². The zero-order valence-electron chi connectivity index (χ0n) is 8.38. The smallest absolute Gasteiger partial charge is 0.328 e. The number of nitrogens with two attached hydrogens (primary N) is 1. The molecule has 0 aliphatic carbocycles. The molecule has 1 heterocycles. The summed E-state index contributed by atoms with van der Waals surface area (Å²) in [5.41, 5.74) is 7.48. The summed E-state index contributed by atoms with van der Waals surface area (Å²) < 4.78 is 5.32. The SMILES string of the molecule is NCc1nc2cc(/C=C/C(=O)O)ccc2o1. The van der Waals surface area contributed by atoms with Crippen molar-refractivity contribution in [3.05, 3.63) is 35.7 Å². The predicted molar refractivity (Wildman–Crippen MR) is 58.6 cm³/mol. The highest BCUT2D eigenvalue weighted by Crippen LogP contribution is 2.17. The van der Waals surface area contributed by atoms with E-state index >= 15 is 0 Å². The van der Waals surface area contributed by atoms with Gasteiger partial charge in [-0.3, -0.25) is 0 Å². The average molecular weight is 218 g/mol. The molecule has 0 radical (unpaired) electrons. The van der Waals surface area contributed by atoms with Gasteiger partial charge in [0, 0.05) is 6.08 Å². The number of carbonyl (C=O) groups is 1. The lowest BCUT2D eigenvalue weighted by Gasteiger charge is -1.90. The van der Waals surface area contributed by atoms with Crippen LogP contribution < -0.4 is 5.73 Å². The van der Waals surface area contributed by atoms with Crippen molar-refractivity contribution in [2.45, 2.75) is 6.54 Å². The zero-order valence-corrected chi connectivity index (χ0v) is 8.38. The fourth-order valence-electron chi connectivity index (χ4n) is 1.35. The molecule has 3 N–H and O–H groups in total. The van der Waals surface area contributed by atoms with Gasteiger partial charge in [-0.05, 0) is 23.8 Å². The molecule has 5 nitrogen and oxygen atoms in total. The Hall–Kier alpha value is -2.14. The number of nitrogens with zero attached hydrogens (tertiary/aromatic N) is 1. The van der Waals surface area contributed by atoms with Gasteiger partial charge >= 0.3 is 5.97 Å². The summed E-state index contributed by atoms with van der Waals surface area (Å²) in [5.74, 6) is -0.516. The van der Waals surface area contributed by atoms with Crippen molar-refractivity contribution in [1.29, 1.82) is 0 Å². The molecule has 82 valence electrons. The first-order valence-electron chi connectivity index (χ1n) is 4.69. The Morgan fingerprint density at radius 1 is 1.56 bits per heavy atom. The second-order valence-electron chi connectivity index (χ2n) is 3.21. The van der Waals surface area contributed by atoms with Gasteiger partial charge in [0.25, 0.3) is 0 Å². The van der Waals surface area contributed by atoms with Crippen molar-refractivity contribution in [2.24, 2.45) is 5.73 Å². The van der Waals surface area contributed by atoms with Gasteiger partial charge in [-0.15, -0.1) is 0 Å². The van der Waals surface area contributed by atoms with Crippen molar-refractivity contribution in [1.82, 2.24) is 4.98 Å². The number of hydrogen-bond donors (Lipinski definition) is 2. The number of rotatable bonds is 3. The summed E-state index contributed by atoms with van der Waals surface area (Å²) in [5, 5.41) is 8.49. The lowest BCUT2D eigenvalue weighted by atomic mass is 10.2. The van der Waals surface area contributed by atoms with Crippen LogP contribution in [0.3, 0.4) is 0 Å². The normalized spacial score (nSPS) is 11.3. The largest absolute Gasteiger partial charge is 0.478 e. The van der Waals surface area contributed by atoms with Gasteiger partial charge in [-0.2, -0.15) is 0 Å². The third-order valence-electron chi connectivity index (χ3n) is 2.05. The van der Waals surface area contributed by atoms with Crippen LogP contribution in [0.2, 0.25) is 0 Å². The Morgan fingerprint density at radius 3 is 3.06 bits per heavy atom. The Kier molecular flexibility index (Phi) is 2.70. The molecule has 0 atom stereocenters. The number of benzene rings is 1. The van der Waals surface area contributed by atoms with Crippen LogP contribution in [0.25, 0.3) is 17.2 Å². The second kappa shape index (κ2) is 4.16. The Balaban J connectivity index is 2.39. The molecule has 0 bridgehead atoms. The van der Waals surface area contributed by atoms with E-state index in [1.165, 1.54) is 6.08 Å². The number of fused-ring (bicyclic) bond motifs is 1. The highest BCUT2D eigenvalue weighted by atomic mass is 16.4. The van der Waals surface area contributed by atoms with E-state index in [9.17, 15) is 4.79 Å². The van der Waals surface area contributed by atoms with E-state index in [-0.39, 0.29) is 6.54 Å². The topological polar surface area (TPSA) is 89.3 Å². The first kappa shape index (κ1) is 10.4. The van der Waals surface area contributed by atoms with Crippen LogP contribution in [0, 0.1) is 0 Å². The first-order valence-corrected chi connectivity index (χ1v) is 4.69. The van der Waals surface area contributed by atoms with E-state index in [1.54, 1.807) is 18.2 Å². The summed E-state index contributed by atoms with van der Waals surface area (Å²) >= 11 is 0. The molecule has 0 aliphatic heterocycles. The molecule has 0 aliphatic rings. The van der Waals surface area contributed by atoms with Gasteiger partial charge in [0.15, 0.2) is 5.58 Å². The molecule has 0 amide bonds. The molecule has 2 rings (SSSR count). The van der Waals surface area contributed by atoms with E-state index in [1.807, 2.05) is 0 Å². The number of oxazole rings is 1. The molecule has 1 aromatic heterocycles. The average Bonchev–Trinajstić information content (AvgIpc) is 2.68. The van der Waals surface area contributed by atoms with Crippen LogP contribution in [-0.4, -0.2) is 16.1 Å². The number of aliphatic carboxylic acids is 1. The second-order valence-corrected chi connectivity index (χ2v) is 3.21. The minimum absolute atomic E-state index is 0.245. The maximum Gasteiger partial charge on any atom is 0.328 e. The molecule has 5 heteroatoms. The van der Waals surface area contributed by atoms with Crippen LogP contribution in [0.15, 0.2) is 28.7 Å². The monoisotopic (exact) mass is 218 g/mol. The summed E-state index contributed by atoms with van der Waals surface area (Å²) in [7, 11) is 0. The van der Waals surface area contributed by atoms with E-state index in [4.69, 9.17) is 15.3 Å². The summed E-state index contributed by atoms with van der Waals surface area (Å²) in [6.07, 6.45) is 2.57. The Morgan fingerprint density at radius 2 is 2.38 bits per heavy atom. The van der Waals surface area contributed by atoms with Crippen molar-refractivity contribution in [3.8, 4) is 0 Å². The third-order valence-corrected chi connectivity index (χ3v) is 2.05. The molecular weight excluding hydrogens is 208 g/mol. The standard InChI is InChI=1S/C11H10N2O3/c12-6-10-13-8-5-7(2-4-11(14)15)1-3-9(8)16-10/h1-5H,6,12H2,(H,14,15)/b4-2+. The highest BCUT2D eigenvalue weighted by Gasteiger charge is 2.03.